The smallest absolute Gasteiger partial charge is 0.339 e. The zero-order chi connectivity index (χ0) is 23.4. The Bertz CT molecular complexity index is 1340. The van der Waals surface area contributed by atoms with Crippen molar-refractivity contribution >= 4 is 51.7 Å². The molecule has 0 fully saturated rings. The second-order valence-electron chi connectivity index (χ2n) is 7.05. The average molecular weight is 481 g/mol. The lowest BCUT2D eigenvalue weighted by atomic mass is 10.0. The molecule has 0 spiro atoms. The molecule has 0 saturated heterocycles. The van der Waals surface area contributed by atoms with E-state index < -0.39 is 18.5 Å². The number of esters is 1. The Kier molecular flexibility index (Phi) is 6.77. The number of rotatable bonds is 6. The number of methoxy groups -OCH3 is 1. The molecular weight excluding hydrogens is 463 g/mol. The molecule has 1 aromatic heterocycles. The predicted octanol–water partition coefficient (Wildman–Crippen LogP) is 6.01. The van der Waals surface area contributed by atoms with Gasteiger partial charge in [-0.05, 0) is 54.6 Å². The van der Waals surface area contributed by atoms with Crippen LogP contribution in [0.3, 0.4) is 0 Å². The van der Waals surface area contributed by atoms with Crippen molar-refractivity contribution in [3.05, 3.63) is 88.4 Å². The molecule has 6 nitrogen and oxygen atoms in total. The number of aromatic nitrogens is 1. The minimum Gasteiger partial charge on any atom is -0.497 e. The molecule has 4 aromatic rings. The van der Waals surface area contributed by atoms with Gasteiger partial charge in [-0.25, -0.2) is 9.78 Å². The van der Waals surface area contributed by atoms with Crippen molar-refractivity contribution in [3.63, 3.8) is 0 Å². The zero-order valence-electron chi connectivity index (χ0n) is 17.5. The topological polar surface area (TPSA) is 77.5 Å². The third kappa shape index (κ3) is 5.25. The molecule has 0 bridgehead atoms. The monoisotopic (exact) mass is 480 g/mol. The van der Waals surface area contributed by atoms with E-state index in [4.69, 9.17) is 32.7 Å². The van der Waals surface area contributed by atoms with E-state index in [9.17, 15) is 9.59 Å². The molecule has 0 aliphatic carbocycles. The van der Waals surface area contributed by atoms with Crippen LogP contribution >= 0.6 is 23.2 Å². The highest BCUT2D eigenvalue weighted by Crippen LogP contribution is 2.27. The molecule has 0 unspecified atom stereocenters. The molecule has 3 aromatic carbocycles. The number of amides is 1. The van der Waals surface area contributed by atoms with Gasteiger partial charge in [-0.3, -0.25) is 4.79 Å². The Morgan fingerprint density at radius 2 is 1.70 bits per heavy atom. The van der Waals surface area contributed by atoms with Crippen LogP contribution in [0, 0.1) is 0 Å². The van der Waals surface area contributed by atoms with Gasteiger partial charge in [0, 0.05) is 16.6 Å². The summed E-state index contributed by atoms with van der Waals surface area (Å²) in [6.07, 6.45) is 0. The predicted molar refractivity (Wildman–Crippen MR) is 129 cm³/mol. The number of anilines is 1. The van der Waals surface area contributed by atoms with Crippen LogP contribution in [0.25, 0.3) is 22.2 Å². The average Bonchev–Trinajstić information content (AvgIpc) is 2.84. The number of hydrogen-bond acceptors (Lipinski definition) is 5. The molecule has 4 rings (SSSR count). The van der Waals surface area contributed by atoms with E-state index in [1.807, 2.05) is 42.5 Å². The Labute approximate surface area is 200 Å². The van der Waals surface area contributed by atoms with Gasteiger partial charge in [-0.15, -0.1) is 0 Å². The Morgan fingerprint density at radius 3 is 2.42 bits per heavy atom. The summed E-state index contributed by atoms with van der Waals surface area (Å²) in [6.45, 7) is -0.465. The van der Waals surface area contributed by atoms with Crippen LogP contribution in [-0.2, 0) is 9.53 Å². The molecule has 0 aliphatic rings. The molecule has 1 amide bonds. The van der Waals surface area contributed by atoms with E-state index in [0.717, 1.165) is 5.56 Å². The first-order chi connectivity index (χ1) is 15.9. The quantitative estimate of drug-likeness (QED) is 0.341. The summed E-state index contributed by atoms with van der Waals surface area (Å²) in [5.41, 5.74) is 2.81. The molecule has 33 heavy (non-hydrogen) atoms. The van der Waals surface area contributed by atoms with Crippen LogP contribution in [0.5, 0.6) is 5.75 Å². The number of pyridine rings is 1. The highest BCUT2D eigenvalue weighted by molar-refractivity contribution is 6.42. The third-order valence-corrected chi connectivity index (χ3v) is 5.60. The summed E-state index contributed by atoms with van der Waals surface area (Å²) in [5.74, 6) is -0.421. The maximum Gasteiger partial charge on any atom is 0.339 e. The number of carbonyl (C=O) groups excluding carboxylic acids is 2. The SMILES string of the molecule is COc1ccc(-c2cc(C(=O)OCC(=O)Nc3ccc(Cl)c(Cl)c3)c3ccccc3n2)cc1. The van der Waals surface area contributed by atoms with E-state index in [2.05, 4.69) is 10.3 Å². The molecule has 0 atom stereocenters. The molecule has 0 radical (unpaired) electrons. The van der Waals surface area contributed by atoms with Gasteiger partial charge in [0.25, 0.3) is 5.91 Å². The first-order valence-electron chi connectivity index (χ1n) is 9.91. The van der Waals surface area contributed by atoms with Crippen LogP contribution in [0.15, 0.2) is 72.8 Å². The summed E-state index contributed by atoms with van der Waals surface area (Å²) < 4.78 is 10.5. The van der Waals surface area contributed by atoms with Crippen molar-refractivity contribution in [2.75, 3.05) is 19.0 Å². The van der Waals surface area contributed by atoms with Crippen LogP contribution in [0.2, 0.25) is 10.0 Å². The fraction of sp³-hybridized carbons (Fsp3) is 0.0800. The van der Waals surface area contributed by atoms with Crippen molar-refractivity contribution in [2.45, 2.75) is 0 Å². The second kappa shape index (κ2) is 9.90. The van der Waals surface area contributed by atoms with Gasteiger partial charge in [0.2, 0.25) is 0 Å². The lowest BCUT2D eigenvalue weighted by Gasteiger charge is -2.11. The Balaban J connectivity index is 1.55. The van der Waals surface area contributed by atoms with Gasteiger partial charge in [0.05, 0.1) is 33.9 Å². The van der Waals surface area contributed by atoms with Crippen molar-refractivity contribution in [2.24, 2.45) is 0 Å². The van der Waals surface area contributed by atoms with E-state index in [-0.39, 0.29) is 0 Å². The number of halogens is 2. The third-order valence-electron chi connectivity index (χ3n) is 4.86. The number of carbonyl (C=O) groups is 2. The summed E-state index contributed by atoms with van der Waals surface area (Å²) in [7, 11) is 1.59. The van der Waals surface area contributed by atoms with E-state index in [0.29, 0.717) is 43.6 Å². The van der Waals surface area contributed by atoms with Gasteiger partial charge >= 0.3 is 5.97 Å². The first kappa shape index (κ1) is 22.6. The number of para-hydroxylation sites is 1. The number of ether oxygens (including phenoxy) is 2. The highest BCUT2D eigenvalue weighted by Gasteiger charge is 2.17. The van der Waals surface area contributed by atoms with Crippen LogP contribution in [0.4, 0.5) is 5.69 Å². The minimum atomic E-state index is -0.632. The molecular formula is C25H18Cl2N2O4. The van der Waals surface area contributed by atoms with Gasteiger partial charge in [-0.2, -0.15) is 0 Å². The standard InChI is InChI=1S/C25H18Cl2N2O4/c1-32-17-9-6-15(7-10-17)23-13-19(18-4-2-3-5-22(18)29-23)25(31)33-14-24(30)28-16-8-11-20(26)21(27)12-16/h2-13H,14H2,1H3,(H,28,30). The lowest BCUT2D eigenvalue weighted by Crippen LogP contribution is -2.21. The van der Waals surface area contributed by atoms with Crippen molar-refractivity contribution in [3.8, 4) is 17.0 Å². The zero-order valence-corrected chi connectivity index (χ0v) is 19.0. The number of hydrogen-bond donors (Lipinski definition) is 1. The second-order valence-corrected chi connectivity index (χ2v) is 7.87. The van der Waals surface area contributed by atoms with Gasteiger partial charge < -0.3 is 14.8 Å². The molecule has 1 heterocycles. The van der Waals surface area contributed by atoms with E-state index in [1.54, 1.807) is 31.4 Å². The molecule has 0 saturated carbocycles. The summed E-state index contributed by atoms with van der Waals surface area (Å²) in [4.78, 5) is 29.8. The molecule has 0 aliphatic heterocycles. The fourth-order valence-electron chi connectivity index (χ4n) is 3.23. The number of nitrogens with zero attached hydrogens (tertiary/aromatic N) is 1. The molecule has 8 heteroatoms. The normalized spacial score (nSPS) is 10.6. The van der Waals surface area contributed by atoms with Crippen molar-refractivity contribution in [1.29, 1.82) is 0 Å². The number of nitrogens with one attached hydrogen (secondary N) is 1. The Morgan fingerprint density at radius 1 is 0.939 bits per heavy atom. The molecule has 1 N–H and O–H groups in total. The summed E-state index contributed by atoms with van der Waals surface area (Å²) in [6, 6.07) is 20.9. The fourth-order valence-corrected chi connectivity index (χ4v) is 3.53. The van der Waals surface area contributed by atoms with Crippen molar-refractivity contribution < 1.29 is 19.1 Å². The highest BCUT2D eigenvalue weighted by atomic mass is 35.5. The van der Waals surface area contributed by atoms with Crippen molar-refractivity contribution in [1.82, 2.24) is 4.98 Å². The van der Waals surface area contributed by atoms with Crippen LogP contribution in [-0.4, -0.2) is 30.6 Å². The van der Waals surface area contributed by atoms with Gasteiger partial charge in [-0.1, -0.05) is 41.4 Å². The lowest BCUT2D eigenvalue weighted by molar-refractivity contribution is -0.119. The van der Waals surface area contributed by atoms with E-state index >= 15 is 0 Å². The number of fused-ring (bicyclic) bond motifs is 1. The van der Waals surface area contributed by atoms with E-state index in [1.165, 1.54) is 6.07 Å². The maximum absolute atomic E-state index is 12.9. The largest absolute Gasteiger partial charge is 0.497 e. The first-order valence-corrected chi connectivity index (χ1v) is 10.7. The Hall–Kier alpha value is -3.61. The summed E-state index contributed by atoms with van der Waals surface area (Å²) in [5, 5.41) is 3.93. The minimum absolute atomic E-state index is 0.306. The summed E-state index contributed by atoms with van der Waals surface area (Å²) >= 11 is 11.8. The van der Waals surface area contributed by atoms with Crippen LogP contribution in [0.1, 0.15) is 10.4 Å². The molecule has 166 valence electrons. The maximum atomic E-state index is 12.9. The van der Waals surface area contributed by atoms with Crippen LogP contribution < -0.4 is 10.1 Å². The van der Waals surface area contributed by atoms with Gasteiger partial charge in [0.15, 0.2) is 6.61 Å². The number of benzene rings is 3. The van der Waals surface area contributed by atoms with Gasteiger partial charge in [0.1, 0.15) is 5.75 Å².